The number of hydrogen-bond donors (Lipinski definition) is 2. The second kappa shape index (κ2) is 9.64. The third-order valence-corrected chi connectivity index (χ3v) is 5.33. The van der Waals surface area contributed by atoms with E-state index in [1.165, 1.54) is 5.56 Å². The van der Waals surface area contributed by atoms with Crippen LogP contribution in [0.1, 0.15) is 41.9 Å². The van der Waals surface area contributed by atoms with Crippen LogP contribution in [0.4, 0.5) is 0 Å². The summed E-state index contributed by atoms with van der Waals surface area (Å²) in [5, 5.41) is 3.11. The van der Waals surface area contributed by atoms with E-state index in [2.05, 4.69) is 44.5 Å². The summed E-state index contributed by atoms with van der Waals surface area (Å²) in [7, 11) is 0. The number of aromatic amines is 1. The highest BCUT2D eigenvalue weighted by Gasteiger charge is 2.22. The molecular formula is C22H30N4O2. The van der Waals surface area contributed by atoms with Gasteiger partial charge in [-0.25, -0.2) is 4.98 Å². The first-order valence-electron chi connectivity index (χ1n) is 10.1. The van der Waals surface area contributed by atoms with Gasteiger partial charge in [0.15, 0.2) is 0 Å². The van der Waals surface area contributed by atoms with Gasteiger partial charge in [-0.3, -0.25) is 9.59 Å². The lowest BCUT2D eigenvalue weighted by Gasteiger charge is -2.33. The summed E-state index contributed by atoms with van der Waals surface area (Å²) in [6.07, 6.45) is 4.36. The molecule has 3 rings (SSSR count). The monoisotopic (exact) mass is 382 g/mol. The number of nitrogens with one attached hydrogen (secondary N) is 2. The molecule has 0 saturated carbocycles. The first-order valence-corrected chi connectivity index (χ1v) is 10.1. The van der Waals surface area contributed by atoms with Gasteiger partial charge in [0.1, 0.15) is 5.82 Å². The van der Waals surface area contributed by atoms with Crippen molar-refractivity contribution in [3.8, 4) is 0 Å². The summed E-state index contributed by atoms with van der Waals surface area (Å²) in [5.74, 6) is 0.473. The summed E-state index contributed by atoms with van der Waals surface area (Å²) >= 11 is 0. The first kappa shape index (κ1) is 20.3. The Morgan fingerprint density at radius 1 is 1.29 bits per heavy atom. The first-order chi connectivity index (χ1) is 13.5. The number of carbonyl (C=O) groups excluding carboxylic acids is 1. The van der Waals surface area contributed by atoms with Crippen molar-refractivity contribution in [2.45, 2.75) is 52.0 Å². The molecule has 1 saturated heterocycles. The van der Waals surface area contributed by atoms with E-state index in [-0.39, 0.29) is 23.9 Å². The van der Waals surface area contributed by atoms with E-state index in [1.54, 1.807) is 13.8 Å². The fraction of sp³-hybridized carbons (Fsp3) is 0.500. The number of rotatable bonds is 7. The molecule has 1 unspecified atom stereocenters. The van der Waals surface area contributed by atoms with Crippen LogP contribution in [-0.2, 0) is 17.6 Å². The molecule has 2 N–H and O–H groups in total. The minimum absolute atomic E-state index is 0.0823. The zero-order valence-electron chi connectivity index (χ0n) is 16.8. The van der Waals surface area contributed by atoms with Gasteiger partial charge in [-0.2, -0.15) is 0 Å². The summed E-state index contributed by atoms with van der Waals surface area (Å²) in [5.41, 5.74) is 2.24. The molecule has 2 aromatic rings. The molecule has 1 aromatic heterocycles. The highest BCUT2D eigenvalue weighted by atomic mass is 16.2. The maximum absolute atomic E-state index is 12.5. The number of H-pyrrole nitrogens is 1. The van der Waals surface area contributed by atoms with Gasteiger partial charge in [0.05, 0.1) is 6.42 Å². The van der Waals surface area contributed by atoms with Crippen LogP contribution in [-0.4, -0.2) is 46.5 Å². The van der Waals surface area contributed by atoms with Gasteiger partial charge < -0.3 is 15.2 Å². The van der Waals surface area contributed by atoms with Crippen molar-refractivity contribution in [2.24, 2.45) is 0 Å². The third kappa shape index (κ3) is 5.76. The summed E-state index contributed by atoms with van der Waals surface area (Å²) < 4.78 is 0. The van der Waals surface area contributed by atoms with Crippen LogP contribution in [0.5, 0.6) is 0 Å². The van der Waals surface area contributed by atoms with E-state index in [9.17, 15) is 9.59 Å². The smallest absolute Gasteiger partial charge is 0.254 e. The molecule has 1 aliphatic rings. The Balaban J connectivity index is 1.46. The molecule has 0 bridgehead atoms. The van der Waals surface area contributed by atoms with Crippen molar-refractivity contribution in [1.82, 2.24) is 20.2 Å². The molecular weight excluding hydrogens is 352 g/mol. The van der Waals surface area contributed by atoms with Gasteiger partial charge in [0.25, 0.3) is 5.56 Å². The lowest BCUT2D eigenvalue weighted by molar-refractivity contribution is -0.121. The van der Waals surface area contributed by atoms with Gasteiger partial charge in [0, 0.05) is 23.8 Å². The predicted octanol–water partition coefficient (Wildman–Crippen LogP) is 2.14. The minimum atomic E-state index is -0.216. The molecule has 1 fully saturated rings. The lowest BCUT2D eigenvalue weighted by Crippen LogP contribution is -2.48. The molecule has 6 nitrogen and oxygen atoms in total. The number of likely N-dealkylation sites (tertiary alicyclic amines) is 1. The van der Waals surface area contributed by atoms with E-state index < -0.39 is 0 Å². The average Bonchev–Trinajstić information content (AvgIpc) is 2.66. The standard InChI is InChI=1S/C22H30N4O2/c1-16-20(22(28)24-17(2)23-16)14-21(27)25-19-11-7-13-26(15-19)12-6-10-18-8-4-3-5-9-18/h3-5,8-9,19H,6-7,10-15H2,1-2H3,(H,25,27)(H,23,24,28). The van der Waals surface area contributed by atoms with E-state index in [4.69, 9.17) is 0 Å². The number of hydrogen-bond acceptors (Lipinski definition) is 4. The molecule has 1 atom stereocenters. The van der Waals surface area contributed by atoms with Crippen LogP contribution in [0.15, 0.2) is 35.1 Å². The Morgan fingerprint density at radius 3 is 2.82 bits per heavy atom. The number of nitrogens with zero attached hydrogens (tertiary/aromatic N) is 2. The quantitative estimate of drug-likeness (QED) is 0.769. The minimum Gasteiger partial charge on any atom is -0.352 e. The zero-order valence-corrected chi connectivity index (χ0v) is 16.8. The molecule has 0 aliphatic carbocycles. The van der Waals surface area contributed by atoms with Crippen molar-refractivity contribution >= 4 is 5.91 Å². The lowest BCUT2D eigenvalue weighted by atomic mass is 10.0. The van der Waals surface area contributed by atoms with Gasteiger partial charge in [0.2, 0.25) is 5.91 Å². The maximum atomic E-state index is 12.5. The summed E-state index contributed by atoms with van der Waals surface area (Å²) in [4.78, 5) is 33.9. The van der Waals surface area contributed by atoms with E-state index in [0.717, 1.165) is 45.3 Å². The molecule has 150 valence electrons. The normalized spacial score (nSPS) is 17.4. The average molecular weight is 383 g/mol. The van der Waals surface area contributed by atoms with Crippen LogP contribution in [0.3, 0.4) is 0 Å². The number of carbonyl (C=O) groups is 1. The Morgan fingerprint density at radius 2 is 2.07 bits per heavy atom. The van der Waals surface area contributed by atoms with E-state index in [0.29, 0.717) is 17.1 Å². The van der Waals surface area contributed by atoms with Crippen molar-refractivity contribution in [1.29, 1.82) is 0 Å². The molecule has 1 aliphatic heterocycles. The highest BCUT2D eigenvalue weighted by Crippen LogP contribution is 2.12. The van der Waals surface area contributed by atoms with Gasteiger partial charge in [-0.05, 0) is 58.2 Å². The maximum Gasteiger partial charge on any atom is 0.254 e. The highest BCUT2D eigenvalue weighted by molar-refractivity contribution is 5.79. The third-order valence-electron chi connectivity index (χ3n) is 5.33. The fourth-order valence-corrected chi connectivity index (χ4v) is 3.93. The SMILES string of the molecule is Cc1nc(C)c(CC(=O)NC2CCCN(CCCc3ccccc3)C2)c(=O)[nH]1. The van der Waals surface area contributed by atoms with Crippen molar-refractivity contribution in [3.05, 3.63) is 63.3 Å². The Kier molecular flexibility index (Phi) is 6.98. The van der Waals surface area contributed by atoms with Crippen LogP contribution in [0, 0.1) is 13.8 Å². The molecule has 6 heteroatoms. The molecule has 1 aromatic carbocycles. The van der Waals surface area contributed by atoms with Gasteiger partial charge in [-0.1, -0.05) is 30.3 Å². The molecule has 2 heterocycles. The van der Waals surface area contributed by atoms with Crippen LogP contribution < -0.4 is 10.9 Å². The molecule has 0 spiro atoms. The van der Waals surface area contributed by atoms with Gasteiger partial charge >= 0.3 is 0 Å². The Bertz CT molecular complexity index is 847. The Labute approximate surface area is 166 Å². The second-order valence-corrected chi connectivity index (χ2v) is 7.69. The van der Waals surface area contributed by atoms with Crippen molar-refractivity contribution < 1.29 is 4.79 Å². The number of piperidine rings is 1. The second-order valence-electron chi connectivity index (χ2n) is 7.69. The summed E-state index contributed by atoms with van der Waals surface area (Å²) in [6.45, 7) is 6.53. The Hall–Kier alpha value is -2.47. The number of aryl methyl sites for hydroxylation is 3. The number of aromatic nitrogens is 2. The topological polar surface area (TPSA) is 78.1 Å². The fourth-order valence-electron chi connectivity index (χ4n) is 3.93. The molecule has 1 amide bonds. The molecule has 28 heavy (non-hydrogen) atoms. The van der Waals surface area contributed by atoms with Crippen LogP contribution in [0.25, 0.3) is 0 Å². The number of benzene rings is 1. The van der Waals surface area contributed by atoms with Crippen LogP contribution in [0.2, 0.25) is 0 Å². The summed E-state index contributed by atoms with van der Waals surface area (Å²) in [6, 6.07) is 10.7. The zero-order chi connectivity index (χ0) is 19.9. The van der Waals surface area contributed by atoms with Crippen molar-refractivity contribution in [3.63, 3.8) is 0 Å². The van der Waals surface area contributed by atoms with Gasteiger partial charge in [-0.15, -0.1) is 0 Å². The van der Waals surface area contributed by atoms with E-state index >= 15 is 0 Å². The number of amides is 1. The molecule has 0 radical (unpaired) electrons. The van der Waals surface area contributed by atoms with E-state index in [1.807, 2.05) is 6.07 Å². The van der Waals surface area contributed by atoms with Crippen LogP contribution >= 0.6 is 0 Å². The predicted molar refractivity (Wildman–Crippen MR) is 110 cm³/mol. The van der Waals surface area contributed by atoms with Crippen molar-refractivity contribution in [2.75, 3.05) is 19.6 Å². The largest absolute Gasteiger partial charge is 0.352 e.